The Hall–Kier alpha value is -2.92. The van der Waals surface area contributed by atoms with Crippen molar-refractivity contribution in [2.75, 3.05) is 42.9 Å². The molecular formula is C24H29N5. The highest BCUT2D eigenvalue weighted by atomic mass is 15.3. The zero-order valence-corrected chi connectivity index (χ0v) is 17.5. The van der Waals surface area contributed by atoms with Gasteiger partial charge in [0.15, 0.2) is 0 Å². The molecule has 1 aliphatic rings. The van der Waals surface area contributed by atoms with Crippen LogP contribution in [-0.4, -0.2) is 47.6 Å². The van der Waals surface area contributed by atoms with Crippen molar-refractivity contribution in [3.8, 4) is 11.3 Å². The highest BCUT2D eigenvalue weighted by Gasteiger charge is 2.19. The van der Waals surface area contributed by atoms with Crippen LogP contribution >= 0.6 is 0 Å². The van der Waals surface area contributed by atoms with Crippen LogP contribution in [0.15, 0.2) is 54.6 Å². The summed E-state index contributed by atoms with van der Waals surface area (Å²) in [5.74, 6) is 1.63. The molecule has 0 aliphatic carbocycles. The second kappa shape index (κ2) is 8.62. The van der Waals surface area contributed by atoms with Gasteiger partial charge in [0.05, 0.1) is 5.69 Å². The number of hydrogen-bond donors (Lipinski definition) is 1. The van der Waals surface area contributed by atoms with Crippen LogP contribution in [0.3, 0.4) is 0 Å². The summed E-state index contributed by atoms with van der Waals surface area (Å²) in [7, 11) is 0. The minimum absolute atomic E-state index is 0.801. The van der Waals surface area contributed by atoms with Crippen LogP contribution in [-0.2, 0) is 0 Å². The summed E-state index contributed by atoms with van der Waals surface area (Å²) in [6.45, 7) is 11.6. The number of nitrogens with zero attached hydrogens (tertiary/aromatic N) is 4. The van der Waals surface area contributed by atoms with E-state index in [2.05, 4.69) is 78.4 Å². The van der Waals surface area contributed by atoms with Crippen LogP contribution in [0.25, 0.3) is 11.3 Å². The van der Waals surface area contributed by atoms with Crippen LogP contribution in [0.5, 0.6) is 0 Å². The molecule has 3 aromatic rings. The third-order valence-corrected chi connectivity index (χ3v) is 5.75. The summed E-state index contributed by atoms with van der Waals surface area (Å²) in [6, 6.07) is 18.7. The molecule has 5 nitrogen and oxygen atoms in total. The first-order valence-electron chi connectivity index (χ1n) is 10.4. The van der Waals surface area contributed by atoms with Gasteiger partial charge >= 0.3 is 0 Å². The number of hydrogen-bond acceptors (Lipinski definition) is 5. The van der Waals surface area contributed by atoms with Gasteiger partial charge < -0.3 is 15.1 Å². The fraction of sp³-hybridized carbons (Fsp3) is 0.333. The topological polar surface area (TPSA) is 44.3 Å². The summed E-state index contributed by atoms with van der Waals surface area (Å²) in [6.07, 6.45) is 0. The second-order valence-corrected chi connectivity index (χ2v) is 7.60. The molecule has 1 saturated heterocycles. The Kier molecular flexibility index (Phi) is 5.76. The van der Waals surface area contributed by atoms with Crippen molar-refractivity contribution in [2.45, 2.75) is 20.8 Å². The molecule has 1 aromatic heterocycles. The Morgan fingerprint density at radius 2 is 1.66 bits per heavy atom. The van der Waals surface area contributed by atoms with Gasteiger partial charge in [-0.25, -0.2) is 4.98 Å². The monoisotopic (exact) mass is 387 g/mol. The molecule has 150 valence electrons. The number of likely N-dealkylation sites (N-methyl/N-ethyl adjacent to an activating group) is 1. The average Bonchev–Trinajstić information content (AvgIpc) is 2.77. The fourth-order valence-corrected chi connectivity index (χ4v) is 3.69. The molecule has 1 fully saturated rings. The zero-order valence-electron chi connectivity index (χ0n) is 17.5. The van der Waals surface area contributed by atoms with Crippen LogP contribution in [0.1, 0.15) is 18.1 Å². The molecule has 2 aromatic carbocycles. The van der Waals surface area contributed by atoms with Crippen molar-refractivity contribution in [1.82, 2.24) is 14.9 Å². The first-order valence-corrected chi connectivity index (χ1v) is 10.4. The van der Waals surface area contributed by atoms with Gasteiger partial charge in [-0.1, -0.05) is 49.4 Å². The first kappa shape index (κ1) is 19.4. The minimum Gasteiger partial charge on any atom is -0.340 e. The normalized spacial score (nSPS) is 14.8. The number of nitrogens with one attached hydrogen (secondary N) is 1. The molecule has 0 atom stereocenters. The summed E-state index contributed by atoms with van der Waals surface area (Å²) >= 11 is 0. The van der Waals surface area contributed by atoms with E-state index in [1.807, 2.05) is 12.1 Å². The molecule has 4 rings (SSSR count). The fourth-order valence-electron chi connectivity index (χ4n) is 3.69. The molecule has 0 amide bonds. The van der Waals surface area contributed by atoms with E-state index in [0.29, 0.717) is 0 Å². The van der Waals surface area contributed by atoms with Gasteiger partial charge in [-0.05, 0) is 37.6 Å². The Morgan fingerprint density at radius 1 is 0.897 bits per heavy atom. The van der Waals surface area contributed by atoms with Gasteiger partial charge in [0.1, 0.15) is 5.82 Å². The lowest BCUT2D eigenvalue weighted by atomic mass is 10.1. The Labute approximate surface area is 173 Å². The van der Waals surface area contributed by atoms with Crippen LogP contribution < -0.4 is 10.2 Å². The number of aromatic nitrogens is 2. The average molecular weight is 388 g/mol. The Bertz CT molecular complexity index is 962. The van der Waals surface area contributed by atoms with E-state index in [0.717, 1.165) is 61.4 Å². The summed E-state index contributed by atoms with van der Waals surface area (Å²) in [4.78, 5) is 14.6. The maximum absolute atomic E-state index is 4.92. The maximum Gasteiger partial charge on any atom is 0.227 e. The van der Waals surface area contributed by atoms with Crippen molar-refractivity contribution >= 4 is 17.5 Å². The summed E-state index contributed by atoms with van der Waals surface area (Å²) < 4.78 is 0. The highest BCUT2D eigenvalue weighted by molar-refractivity contribution is 5.69. The molecule has 0 bridgehead atoms. The first-order chi connectivity index (χ1) is 14.1. The van der Waals surface area contributed by atoms with Crippen molar-refractivity contribution < 1.29 is 0 Å². The van der Waals surface area contributed by atoms with E-state index in [1.54, 1.807) is 0 Å². The molecule has 0 unspecified atom stereocenters. The van der Waals surface area contributed by atoms with Gasteiger partial charge in [0.25, 0.3) is 0 Å². The number of anilines is 3. The van der Waals surface area contributed by atoms with E-state index in [-0.39, 0.29) is 0 Å². The Morgan fingerprint density at radius 3 is 2.38 bits per heavy atom. The molecular weight excluding hydrogens is 358 g/mol. The van der Waals surface area contributed by atoms with E-state index in [4.69, 9.17) is 9.97 Å². The third-order valence-electron chi connectivity index (χ3n) is 5.75. The predicted octanol–water partition coefficient (Wildman–Crippen LogP) is 4.65. The summed E-state index contributed by atoms with van der Waals surface area (Å²) in [5, 5.41) is 3.53. The van der Waals surface area contributed by atoms with E-state index < -0.39 is 0 Å². The van der Waals surface area contributed by atoms with Crippen molar-refractivity contribution in [1.29, 1.82) is 0 Å². The van der Waals surface area contributed by atoms with Crippen LogP contribution in [0.2, 0.25) is 0 Å². The zero-order chi connectivity index (χ0) is 20.2. The van der Waals surface area contributed by atoms with Crippen molar-refractivity contribution in [3.05, 3.63) is 65.7 Å². The lowest BCUT2D eigenvalue weighted by molar-refractivity contribution is 0.270. The molecule has 2 heterocycles. The Balaban J connectivity index is 1.69. The van der Waals surface area contributed by atoms with Gasteiger partial charge in [-0.2, -0.15) is 4.98 Å². The van der Waals surface area contributed by atoms with Crippen molar-refractivity contribution in [2.24, 2.45) is 0 Å². The lowest BCUT2D eigenvalue weighted by Crippen LogP contribution is -2.46. The second-order valence-electron chi connectivity index (χ2n) is 7.60. The van der Waals surface area contributed by atoms with E-state index in [1.165, 1.54) is 11.1 Å². The molecule has 0 radical (unpaired) electrons. The summed E-state index contributed by atoms with van der Waals surface area (Å²) in [5.41, 5.74) is 5.65. The van der Waals surface area contributed by atoms with Crippen LogP contribution in [0.4, 0.5) is 17.5 Å². The van der Waals surface area contributed by atoms with Crippen molar-refractivity contribution in [3.63, 3.8) is 0 Å². The van der Waals surface area contributed by atoms with E-state index >= 15 is 0 Å². The molecule has 0 saturated carbocycles. The predicted molar refractivity (Wildman–Crippen MR) is 121 cm³/mol. The number of rotatable bonds is 5. The van der Waals surface area contributed by atoms with Gasteiger partial charge in [0.2, 0.25) is 5.95 Å². The quantitative estimate of drug-likeness (QED) is 0.691. The molecule has 5 heteroatoms. The van der Waals surface area contributed by atoms with Gasteiger partial charge in [0, 0.05) is 43.5 Å². The van der Waals surface area contributed by atoms with Gasteiger partial charge in [-0.3, -0.25) is 0 Å². The van der Waals surface area contributed by atoms with E-state index in [9.17, 15) is 0 Å². The largest absolute Gasteiger partial charge is 0.340 e. The smallest absolute Gasteiger partial charge is 0.227 e. The SMILES string of the molecule is CCN1CCN(c2nc(Nc3cccc(C)c3C)cc(-c3ccccc3)n2)CC1. The lowest BCUT2D eigenvalue weighted by Gasteiger charge is -2.34. The highest BCUT2D eigenvalue weighted by Crippen LogP contribution is 2.27. The molecule has 0 spiro atoms. The molecule has 1 N–H and O–H groups in total. The number of aryl methyl sites for hydroxylation is 1. The minimum atomic E-state index is 0.801. The number of benzene rings is 2. The van der Waals surface area contributed by atoms with Crippen LogP contribution in [0, 0.1) is 13.8 Å². The maximum atomic E-state index is 4.92. The molecule has 1 aliphatic heterocycles. The molecule has 29 heavy (non-hydrogen) atoms. The standard InChI is InChI=1S/C24H29N5/c1-4-28-13-15-29(16-14-28)24-26-22(20-10-6-5-7-11-20)17-23(27-24)25-21-12-8-9-18(2)19(21)3/h5-12,17H,4,13-16H2,1-3H3,(H,25,26,27). The van der Waals surface area contributed by atoms with Gasteiger partial charge in [-0.15, -0.1) is 0 Å². The third kappa shape index (κ3) is 4.40. The number of piperazine rings is 1.